The molecule has 1 aromatic heterocycles. The number of nitrogens with zero attached hydrogens (tertiary/aromatic N) is 2. The van der Waals surface area contributed by atoms with Crippen LogP contribution in [0.2, 0.25) is 0 Å². The monoisotopic (exact) mass is 317 g/mol. The molecule has 3 rings (SSSR count). The summed E-state index contributed by atoms with van der Waals surface area (Å²) in [5.41, 5.74) is 0. The molecule has 2 aliphatic heterocycles. The van der Waals surface area contributed by atoms with Crippen molar-refractivity contribution in [3.63, 3.8) is 0 Å². The third-order valence-electron chi connectivity index (χ3n) is 3.52. The van der Waals surface area contributed by atoms with E-state index < -0.39 is 0 Å². The van der Waals surface area contributed by atoms with Gasteiger partial charge in [-0.2, -0.15) is 28.5 Å². The summed E-state index contributed by atoms with van der Waals surface area (Å²) in [6, 6.07) is 0.234. The van der Waals surface area contributed by atoms with Crippen LogP contribution >= 0.6 is 35.3 Å². The Morgan fingerprint density at radius 1 is 1.26 bits per heavy atom. The summed E-state index contributed by atoms with van der Waals surface area (Å²) < 4.78 is 5.46. The van der Waals surface area contributed by atoms with Gasteiger partial charge >= 0.3 is 0 Å². The van der Waals surface area contributed by atoms with E-state index in [9.17, 15) is 0 Å². The van der Waals surface area contributed by atoms with Gasteiger partial charge < -0.3 is 9.84 Å². The van der Waals surface area contributed by atoms with E-state index in [1.165, 1.54) is 5.75 Å². The fourth-order valence-corrected chi connectivity index (χ4v) is 5.92. The van der Waals surface area contributed by atoms with Gasteiger partial charge in [0.1, 0.15) is 0 Å². The average Bonchev–Trinajstić information content (AvgIpc) is 2.93. The van der Waals surface area contributed by atoms with Crippen molar-refractivity contribution < 1.29 is 4.52 Å². The molecule has 7 heteroatoms. The highest BCUT2D eigenvalue weighted by atomic mass is 32.2. The molecule has 2 aliphatic rings. The first-order chi connectivity index (χ1) is 9.24. The normalized spacial score (nSPS) is 36.3. The number of nitrogens with one attached hydrogen (secondary N) is 1. The Labute approximate surface area is 126 Å². The summed E-state index contributed by atoms with van der Waals surface area (Å²) in [4.78, 5) is 4.63. The van der Waals surface area contributed by atoms with Gasteiger partial charge in [-0.15, -0.1) is 11.8 Å². The van der Waals surface area contributed by atoms with Crippen molar-refractivity contribution in [1.29, 1.82) is 0 Å². The van der Waals surface area contributed by atoms with Gasteiger partial charge in [0, 0.05) is 34.3 Å². The minimum Gasteiger partial charge on any atom is -0.338 e. The summed E-state index contributed by atoms with van der Waals surface area (Å²) in [6.45, 7) is 5.60. The standard InChI is InChI=1S/C12H19N3OS3/c1-7-8(2)19-10(6-18-7)11-14-12(16-15-11)9-5-17-4-3-13-9/h7-10,13H,3-6H2,1-2H3. The third-order valence-corrected chi connectivity index (χ3v) is 7.96. The lowest BCUT2D eigenvalue weighted by Gasteiger charge is -2.29. The zero-order chi connectivity index (χ0) is 13.2. The Bertz CT molecular complexity index is 422. The highest BCUT2D eigenvalue weighted by Crippen LogP contribution is 2.43. The van der Waals surface area contributed by atoms with E-state index in [0.717, 1.165) is 29.8 Å². The van der Waals surface area contributed by atoms with Gasteiger partial charge in [0.05, 0.1) is 11.3 Å². The second-order valence-corrected chi connectivity index (χ2v) is 9.09. The molecule has 0 aromatic carbocycles. The molecule has 106 valence electrons. The number of rotatable bonds is 2. The van der Waals surface area contributed by atoms with Gasteiger partial charge in [-0.1, -0.05) is 19.0 Å². The second kappa shape index (κ2) is 6.28. The van der Waals surface area contributed by atoms with Crippen LogP contribution in [-0.4, -0.2) is 44.4 Å². The van der Waals surface area contributed by atoms with Gasteiger partial charge in [-0.05, 0) is 0 Å². The molecule has 0 aliphatic carbocycles. The van der Waals surface area contributed by atoms with Gasteiger partial charge in [0.15, 0.2) is 5.82 Å². The summed E-state index contributed by atoms with van der Waals surface area (Å²) in [7, 11) is 0. The Morgan fingerprint density at radius 2 is 2.16 bits per heavy atom. The molecule has 0 amide bonds. The first kappa shape index (κ1) is 14.1. The molecule has 19 heavy (non-hydrogen) atoms. The van der Waals surface area contributed by atoms with Crippen LogP contribution in [0.15, 0.2) is 4.52 Å². The quantitative estimate of drug-likeness (QED) is 0.900. The van der Waals surface area contributed by atoms with Crippen molar-refractivity contribution in [2.45, 2.75) is 35.6 Å². The highest BCUT2D eigenvalue weighted by Gasteiger charge is 2.31. The SMILES string of the molecule is CC1SCC(c2noc(C3CSCCN3)n2)SC1C. The Kier molecular flexibility index (Phi) is 4.66. The predicted molar refractivity (Wildman–Crippen MR) is 84.1 cm³/mol. The minimum atomic E-state index is 0.234. The summed E-state index contributed by atoms with van der Waals surface area (Å²) in [5, 5.41) is 9.38. The molecule has 1 aromatic rings. The maximum Gasteiger partial charge on any atom is 0.244 e. The lowest BCUT2D eigenvalue weighted by Crippen LogP contribution is -2.30. The molecule has 0 bridgehead atoms. The Morgan fingerprint density at radius 3 is 2.89 bits per heavy atom. The van der Waals surface area contributed by atoms with E-state index in [1.54, 1.807) is 0 Å². The maximum absolute atomic E-state index is 5.46. The molecule has 1 N–H and O–H groups in total. The van der Waals surface area contributed by atoms with Gasteiger partial charge in [0.2, 0.25) is 5.89 Å². The minimum absolute atomic E-state index is 0.234. The van der Waals surface area contributed by atoms with E-state index in [1.807, 2.05) is 35.3 Å². The Balaban J connectivity index is 1.67. The summed E-state index contributed by atoms with van der Waals surface area (Å²) >= 11 is 5.93. The maximum atomic E-state index is 5.46. The number of hydrogen-bond donors (Lipinski definition) is 1. The largest absolute Gasteiger partial charge is 0.338 e. The number of aromatic nitrogens is 2. The smallest absolute Gasteiger partial charge is 0.244 e. The zero-order valence-corrected chi connectivity index (χ0v) is 13.6. The van der Waals surface area contributed by atoms with Crippen molar-refractivity contribution in [3.05, 3.63) is 11.7 Å². The Hall–Kier alpha value is 0.150. The number of hydrogen-bond acceptors (Lipinski definition) is 7. The van der Waals surface area contributed by atoms with E-state index >= 15 is 0 Å². The summed E-state index contributed by atoms with van der Waals surface area (Å²) in [5.74, 6) is 4.92. The first-order valence-corrected chi connectivity index (χ1v) is 9.80. The van der Waals surface area contributed by atoms with Crippen LogP contribution < -0.4 is 5.32 Å². The predicted octanol–water partition coefficient (Wildman–Crippen LogP) is 2.75. The average molecular weight is 318 g/mol. The van der Waals surface area contributed by atoms with Crippen molar-refractivity contribution >= 4 is 35.3 Å². The van der Waals surface area contributed by atoms with Crippen molar-refractivity contribution in [1.82, 2.24) is 15.5 Å². The molecule has 4 unspecified atom stereocenters. The molecule has 0 saturated carbocycles. The van der Waals surface area contributed by atoms with Crippen LogP contribution in [-0.2, 0) is 0 Å². The van der Waals surface area contributed by atoms with Gasteiger partial charge in [0.25, 0.3) is 0 Å². The molecule has 0 radical (unpaired) electrons. The lowest BCUT2D eigenvalue weighted by molar-refractivity contribution is 0.339. The van der Waals surface area contributed by atoms with Crippen LogP contribution in [0.25, 0.3) is 0 Å². The fraction of sp³-hybridized carbons (Fsp3) is 0.833. The van der Waals surface area contributed by atoms with Crippen molar-refractivity contribution in [3.8, 4) is 0 Å². The molecular weight excluding hydrogens is 298 g/mol. The van der Waals surface area contributed by atoms with Crippen LogP contribution in [0.5, 0.6) is 0 Å². The van der Waals surface area contributed by atoms with Crippen molar-refractivity contribution in [2.24, 2.45) is 0 Å². The second-order valence-electron chi connectivity index (χ2n) is 4.94. The lowest BCUT2D eigenvalue weighted by atomic mass is 10.3. The zero-order valence-electron chi connectivity index (χ0n) is 11.2. The molecular formula is C12H19N3OS3. The van der Waals surface area contributed by atoms with E-state index in [-0.39, 0.29) is 6.04 Å². The molecule has 4 atom stereocenters. The molecule has 4 nitrogen and oxygen atoms in total. The van der Waals surface area contributed by atoms with E-state index in [0.29, 0.717) is 15.7 Å². The highest BCUT2D eigenvalue weighted by molar-refractivity contribution is 8.07. The van der Waals surface area contributed by atoms with Crippen LogP contribution in [0.3, 0.4) is 0 Å². The van der Waals surface area contributed by atoms with Crippen LogP contribution in [0.4, 0.5) is 0 Å². The van der Waals surface area contributed by atoms with Gasteiger partial charge in [-0.3, -0.25) is 0 Å². The van der Waals surface area contributed by atoms with Crippen molar-refractivity contribution in [2.75, 3.05) is 23.8 Å². The molecule has 2 saturated heterocycles. The number of thioether (sulfide) groups is 3. The fourth-order valence-electron chi connectivity index (χ4n) is 2.16. The molecule has 2 fully saturated rings. The molecule has 3 heterocycles. The van der Waals surface area contributed by atoms with E-state index in [2.05, 4.69) is 29.3 Å². The van der Waals surface area contributed by atoms with Gasteiger partial charge in [-0.25, -0.2) is 0 Å². The molecule has 0 spiro atoms. The van der Waals surface area contributed by atoms with Crippen LogP contribution in [0.1, 0.15) is 36.9 Å². The topological polar surface area (TPSA) is 51.0 Å². The first-order valence-electron chi connectivity index (χ1n) is 6.65. The van der Waals surface area contributed by atoms with Crippen LogP contribution in [0, 0.1) is 0 Å². The van der Waals surface area contributed by atoms with E-state index in [4.69, 9.17) is 4.52 Å². The third kappa shape index (κ3) is 3.25. The summed E-state index contributed by atoms with van der Waals surface area (Å²) in [6.07, 6.45) is 0.